The third-order valence-electron chi connectivity index (χ3n) is 3.65. The Bertz CT molecular complexity index is 530. The fourth-order valence-electron chi connectivity index (χ4n) is 2.63. The summed E-state index contributed by atoms with van der Waals surface area (Å²) in [6.07, 6.45) is -2.76. The Kier molecular flexibility index (Phi) is 4.51. The number of carbonyl (C=O) groups is 1. The third kappa shape index (κ3) is 3.72. The second kappa shape index (κ2) is 6.01. The number of likely N-dealkylation sites (tertiary alicyclic amines) is 1. The molecule has 1 saturated heterocycles. The molecule has 0 amide bonds. The molecule has 1 aromatic rings. The van der Waals surface area contributed by atoms with Crippen LogP contribution in [0.5, 0.6) is 0 Å². The topological polar surface area (TPSA) is 40.5 Å². The molecule has 21 heavy (non-hydrogen) atoms. The second-order valence-corrected chi connectivity index (χ2v) is 5.12. The first-order valence-corrected chi connectivity index (χ1v) is 6.61. The van der Waals surface area contributed by atoms with Crippen LogP contribution in [-0.2, 0) is 17.5 Å². The average molecular weight is 305 g/mol. The van der Waals surface area contributed by atoms with E-state index in [1.54, 1.807) is 0 Å². The maximum atomic E-state index is 13.1. The van der Waals surface area contributed by atoms with Gasteiger partial charge >= 0.3 is 12.1 Å². The molecular formula is C14H15F4NO2. The van der Waals surface area contributed by atoms with E-state index in [9.17, 15) is 22.4 Å². The number of rotatable bonds is 3. The van der Waals surface area contributed by atoms with Crippen molar-refractivity contribution in [2.45, 2.75) is 38.0 Å². The summed E-state index contributed by atoms with van der Waals surface area (Å²) in [6, 6.07) is 1.70. The highest BCUT2D eigenvalue weighted by molar-refractivity contribution is 5.73. The maximum absolute atomic E-state index is 13.1. The predicted octanol–water partition coefficient (Wildman–Crippen LogP) is 3.28. The Hall–Kier alpha value is -1.63. The SMILES string of the molecule is O=C(O)[C@@H]1CCCCN1Cc1ccc(F)cc1C(F)(F)F. The number of alkyl halides is 3. The number of hydrogen-bond donors (Lipinski definition) is 1. The van der Waals surface area contributed by atoms with Crippen molar-refractivity contribution in [3.05, 3.63) is 35.1 Å². The fraction of sp³-hybridized carbons (Fsp3) is 0.500. The second-order valence-electron chi connectivity index (χ2n) is 5.12. The highest BCUT2D eigenvalue weighted by atomic mass is 19.4. The molecule has 2 rings (SSSR count). The predicted molar refractivity (Wildman–Crippen MR) is 67.1 cm³/mol. The molecule has 0 radical (unpaired) electrons. The molecule has 116 valence electrons. The number of benzene rings is 1. The van der Waals surface area contributed by atoms with Crippen LogP contribution in [0.15, 0.2) is 18.2 Å². The van der Waals surface area contributed by atoms with Crippen molar-refractivity contribution in [2.24, 2.45) is 0 Å². The van der Waals surface area contributed by atoms with E-state index in [0.29, 0.717) is 19.0 Å². The number of carboxylic acid groups (broad SMARTS) is 1. The zero-order valence-corrected chi connectivity index (χ0v) is 11.2. The summed E-state index contributed by atoms with van der Waals surface area (Å²) in [4.78, 5) is 12.7. The van der Waals surface area contributed by atoms with Gasteiger partial charge in [-0.2, -0.15) is 13.2 Å². The van der Waals surface area contributed by atoms with E-state index >= 15 is 0 Å². The molecule has 1 aliphatic heterocycles. The molecule has 7 heteroatoms. The minimum atomic E-state index is -4.66. The van der Waals surface area contributed by atoms with Crippen LogP contribution >= 0.6 is 0 Å². The zero-order valence-electron chi connectivity index (χ0n) is 11.2. The smallest absolute Gasteiger partial charge is 0.416 e. The number of piperidine rings is 1. The summed E-state index contributed by atoms with van der Waals surface area (Å²) < 4.78 is 51.9. The van der Waals surface area contributed by atoms with Crippen molar-refractivity contribution in [3.8, 4) is 0 Å². The summed E-state index contributed by atoms with van der Waals surface area (Å²) in [5.74, 6) is -2.00. The molecule has 1 aromatic carbocycles. The molecule has 0 unspecified atom stereocenters. The first-order valence-electron chi connectivity index (χ1n) is 6.61. The van der Waals surface area contributed by atoms with Crippen LogP contribution in [0.4, 0.5) is 17.6 Å². The molecule has 1 atom stereocenters. The van der Waals surface area contributed by atoms with Crippen molar-refractivity contribution in [1.82, 2.24) is 4.90 Å². The van der Waals surface area contributed by atoms with Gasteiger partial charge in [0.1, 0.15) is 11.9 Å². The Morgan fingerprint density at radius 2 is 2.05 bits per heavy atom. The van der Waals surface area contributed by atoms with Gasteiger partial charge in [0.25, 0.3) is 0 Å². The summed E-state index contributed by atoms with van der Waals surface area (Å²) in [5.41, 5.74) is -1.14. The third-order valence-corrected chi connectivity index (χ3v) is 3.65. The van der Waals surface area contributed by atoms with Crippen molar-refractivity contribution in [3.63, 3.8) is 0 Å². The Morgan fingerprint density at radius 1 is 1.33 bits per heavy atom. The lowest BCUT2D eigenvalue weighted by Gasteiger charge is -2.33. The van der Waals surface area contributed by atoms with Crippen LogP contribution in [0.1, 0.15) is 30.4 Å². The number of hydrogen-bond acceptors (Lipinski definition) is 2. The highest BCUT2D eigenvalue weighted by Gasteiger charge is 2.35. The van der Waals surface area contributed by atoms with Crippen molar-refractivity contribution in [1.29, 1.82) is 0 Å². The molecule has 1 heterocycles. The number of aliphatic carboxylic acids is 1. The Morgan fingerprint density at radius 3 is 2.67 bits per heavy atom. The quantitative estimate of drug-likeness (QED) is 0.871. The summed E-state index contributed by atoms with van der Waals surface area (Å²) >= 11 is 0. The van der Waals surface area contributed by atoms with Gasteiger partial charge in [-0.15, -0.1) is 0 Å². The first-order chi connectivity index (χ1) is 9.79. The van der Waals surface area contributed by atoms with Crippen molar-refractivity contribution < 1.29 is 27.5 Å². The summed E-state index contributed by atoms with van der Waals surface area (Å²) in [7, 11) is 0. The van der Waals surface area contributed by atoms with Gasteiger partial charge in [0, 0.05) is 6.54 Å². The molecule has 0 aliphatic carbocycles. The van der Waals surface area contributed by atoms with Gasteiger partial charge in [-0.3, -0.25) is 9.69 Å². The standard InChI is InChI=1S/C14H15F4NO2/c15-10-5-4-9(11(7-10)14(16,17)18)8-19-6-2-1-3-12(19)13(20)21/h4-5,7,12H,1-3,6,8H2,(H,20,21)/t12-/m0/s1. The first kappa shape index (κ1) is 15.8. The fourth-order valence-corrected chi connectivity index (χ4v) is 2.63. The van der Waals surface area contributed by atoms with Gasteiger partial charge in [-0.1, -0.05) is 12.5 Å². The van der Waals surface area contributed by atoms with Gasteiger partial charge in [0.05, 0.1) is 5.56 Å². The Balaban J connectivity index is 2.28. The largest absolute Gasteiger partial charge is 0.480 e. The lowest BCUT2D eigenvalue weighted by Crippen LogP contribution is -2.44. The molecule has 1 fully saturated rings. The number of carboxylic acids is 1. The zero-order chi connectivity index (χ0) is 15.6. The van der Waals surface area contributed by atoms with Crippen LogP contribution in [0.25, 0.3) is 0 Å². The van der Waals surface area contributed by atoms with Crippen LogP contribution < -0.4 is 0 Å². The van der Waals surface area contributed by atoms with Gasteiger partial charge < -0.3 is 5.11 Å². The average Bonchev–Trinajstić information content (AvgIpc) is 2.40. The van der Waals surface area contributed by atoms with E-state index < -0.39 is 29.6 Å². The lowest BCUT2D eigenvalue weighted by atomic mass is 9.99. The lowest BCUT2D eigenvalue weighted by molar-refractivity contribution is -0.145. The monoisotopic (exact) mass is 305 g/mol. The molecule has 0 spiro atoms. The molecular weight excluding hydrogens is 290 g/mol. The van der Waals surface area contributed by atoms with E-state index in [-0.39, 0.29) is 12.1 Å². The van der Waals surface area contributed by atoms with Crippen LogP contribution in [0.3, 0.4) is 0 Å². The Labute approximate surface area is 119 Å². The van der Waals surface area contributed by atoms with Crippen molar-refractivity contribution in [2.75, 3.05) is 6.54 Å². The van der Waals surface area contributed by atoms with Crippen LogP contribution in [-0.4, -0.2) is 28.6 Å². The van der Waals surface area contributed by atoms with Gasteiger partial charge in [0.2, 0.25) is 0 Å². The maximum Gasteiger partial charge on any atom is 0.416 e. The molecule has 0 aromatic heterocycles. The number of nitrogens with zero attached hydrogens (tertiary/aromatic N) is 1. The minimum Gasteiger partial charge on any atom is -0.480 e. The molecule has 1 aliphatic rings. The molecule has 1 N–H and O–H groups in total. The van der Waals surface area contributed by atoms with E-state index in [4.69, 9.17) is 5.11 Å². The van der Waals surface area contributed by atoms with E-state index in [1.807, 2.05) is 0 Å². The molecule has 3 nitrogen and oxygen atoms in total. The highest BCUT2D eigenvalue weighted by Crippen LogP contribution is 2.34. The molecule has 0 bridgehead atoms. The summed E-state index contributed by atoms with van der Waals surface area (Å²) in [6.45, 7) is 0.276. The van der Waals surface area contributed by atoms with Gasteiger partial charge in [0.15, 0.2) is 0 Å². The van der Waals surface area contributed by atoms with Crippen LogP contribution in [0.2, 0.25) is 0 Å². The van der Waals surface area contributed by atoms with E-state index in [0.717, 1.165) is 25.0 Å². The number of halogens is 4. The van der Waals surface area contributed by atoms with Crippen molar-refractivity contribution >= 4 is 5.97 Å². The van der Waals surface area contributed by atoms with Crippen LogP contribution in [0, 0.1) is 5.82 Å². The van der Waals surface area contributed by atoms with E-state index in [2.05, 4.69) is 0 Å². The molecule has 0 saturated carbocycles. The van der Waals surface area contributed by atoms with E-state index in [1.165, 1.54) is 4.90 Å². The minimum absolute atomic E-state index is 0.1000. The van der Waals surface area contributed by atoms with Gasteiger partial charge in [-0.05, 0) is 37.1 Å². The summed E-state index contributed by atoms with van der Waals surface area (Å²) in [5, 5.41) is 9.14. The normalized spacial score (nSPS) is 20.5. The van der Waals surface area contributed by atoms with Gasteiger partial charge in [-0.25, -0.2) is 4.39 Å².